The molecule has 1 spiro atoms. The second kappa shape index (κ2) is 9.72. The fourth-order valence-electron chi connectivity index (χ4n) is 5.25. The van der Waals surface area contributed by atoms with E-state index in [4.69, 9.17) is 9.47 Å². The van der Waals surface area contributed by atoms with Crippen LogP contribution < -0.4 is 9.47 Å². The standard InChI is InChI=1S/C26H30F2N2O5/c27-18-2-4-23-17(11-18)13-26(35-23)6-9-29(10-7-26)14-21(32)16-34-24-12-19(28)1-3-22(24)25(33)30-8-5-20(31)15-30/h1-4,11-12,20-21,31-32H,5-10,13-16H2/t20-,21-/m0/s1. The van der Waals surface area contributed by atoms with Gasteiger partial charge in [-0.15, -0.1) is 0 Å². The molecule has 3 heterocycles. The Balaban J connectivity index is 1.13. The number of β-amino-alcohol motifs (C(OH)–C–C–N with tert-alkyl or cyclic N) is 2. The summed E-state index contributed by atoms with van der Waals surface area (Å²) in [5.41, 5.74) is 0.784. The number of carbonyl (C=O) groups is 1. The molecular weight excluding hydrogens is 458 g/mol. The summed E-state index contributed by atoms with van der Waals surface area (Å²) in [5, 5.41) is 20.3. The fraction of sp³-hybridized carbons (Fsp3) is 0.500. The summed E-state index contributed by atoms with van der Waals surface area (Å²) in [6.07, 6.45) is 1.33. The molecular formula is C26H30F2N2O5. The molecule has 2 aromatic carbocycles. The monoisotopic (exact) mass is 488 g/mol. The number of aliphatic hydroxyl groups excluding tert-OH is 2. The molecule has 0 saturated carbocycles. The van der Waals surface area contributed by atoms with Crippen molar-refractivity contribution in [1.82, 2.24) is 9.80 Å². The number of likely N-dealkylation sites (tertiary alicyclic amines) is 2. The van der Waals surface area contributed by atoms with E-state index < -0.39 is 18.0 Å². The summed E-state index contributed by atoms with van der Waals surface area (Å²) in [6.45, 7) is 2.38. The minimum Gasteiger partial charge on any atom is -0.490 e. The van der Waals surface area contributed by atoms with Gasteiger partial charge in [0.05, 0.1) is 11.7 Å². The van der Waals surface area contributed by atoms with Crippen LogP contribution in [0.3, 0.4) is 0 Å². The smallest absolute Gasteiger partial charge is 0.257 e. The predicted molar refractivity (Wildman–Crippen MR) is 124 cm³/mol. The van der Waals surface area contributed by atoms with E-state index in [-0.39, 0.29) is 41.8 Å². The Morgan fingerprint density at radius 2 is 1.89 bits per heavy atom. The van der Waals surface area contributed by atoms with Gasteiger partial charge in [-0.3, -0.25) is 4.79 Å². The summed E-state index contributed by atoms with van der Waals surface area (Å²) < 4.78 is 39.3. The summed E-state index contributed by atoms with van der Waals surface area (Å²) in [4.78, 5) is 16.5. The van der Waals surface area contributed by atoms with Crippen LogP contribution in [0.15, 0.2) is 36.4 Å². The first-order valence-electron chi connectivity index (χ1n) is 12.1. The van der Waals surface area contributed by atoms with E-state index in [9.17, 15) is 23.8 Å². The lowest BCUT2D eigenvalue weighted by Gasteiger charge is -2.39. The van der Waals surface area contributed by atoms with Crippen molar-refractivity contribution >= 4 is 5.91 Å². The minimum atomic E-state index is -0.834. The van der Waals surface area contributed by atoms with E-state index in [2.05, 4.69) is 4.90 Å². The fourth-order valence-corrected chi connectivity index (χ4v) is 5.25. The second-order valence-electron chi connectivity index (χ2n) is 9.81. The van der Waals surface area contributed by atoms with Crippen molar-refractivity contribution in [2.24, 2.45) is 0 Å². The second-order valence-corrected chi connectivity index (χ2v) is 9.81. The number of benzene rings is 2. The Morgan fingerprint density at radius 3 is 2.63 bits per heavy atom. The van der Waals surface area contributed by atoms with Crippen LogP contribution in [0.2, 0.25) is 0 Å². The van der Waals surface area contributed by atoms with Crippen molar-refractivity contribution in [2.75, 3.05) is 39.3 Å². The number of ether oxygens (including phenoxy) is 2. The van der Waals surface area contributed by atoms with Crippen LogP contribution in [0.25, 0.3) is 0 Å². The third kappa shape index (κ3) is 5.27. The number of nitrogens with zero attached hydrogens (tertiary/aromatic N) is 2. The molecule has 2 aromatic rings. The Hall–Kier alpha value is -2.75. The summed E-state index contributed by atoms with van der Waals surface area (Å²) in [6, 6.07) is 8.35. The van der Waals surface area contributed by atoms with Gasteiger partial charge >= 0.3 is 0 Å². The zero-order valence-corrected chi connectivity index (χ0v) is 19.5. The molecule has 188 valence electrons. The number of fused-ring (bicyclic) bond motifs is 1. The van der Waals surface area contributed by atoms with Crippen LogP contribution in [0.1, 0.15) is 35.2 Å². The lowest BCUT2D eigenvalue weighted by atomic mass is 9.87. The SMILES string of the molecule is O=C(c1ccc(F)cc1OC[C@@H](O)CN1CCC2(CC1)Cc1cc(F)ccc1O2)N1CC[C@H](O)C1. The van der Waals surface area contributed by atoms with Crippen LogP contribution in [0.5, 0.6) is 11.5 Å². The number of amides is 1. The highest BCUT2D eigenvalue weighted by Crippen LogP contribution is 2.41. The Kier molecular flexibility index (Phi) is 6.65. The minimum absolute atomic E-state index is 0.0809. The van der Waals surface area contributed by atoms with E-state index >= 15 is 0 Å². The molecule has 7 nitrogen and oxygen atoms in total. The largest absolute Gasteiger partial charge is 0.490 e. The lowest BCUT2D eigenvalue weighted by molar-refractivity contribution is -0.00203. The number of aliphatic hydroxyl groups is 2. The average Bonchev–Trinajstić information content (AvgIpc) is 3.42. The van der Waals surface area contributed by atoms with Gasteiger partial charge in [0.25, 0.3) is 5.91 Å². The van der Waals surface area contributed by atoms with E-state index in [1.807, 2.05) is 0 Å². The Labute approximate surface area is 202 Å². The van der Waals surface area contributed by atoms with Crippen molar-refractivity contribution in [3.63, 3.8) is 0 Å². The van der Waals surface area contributed by atoms with Crippen LogP contribution in [0, 0.1) is 11.6 Å². The Bertz CT molecular complexity index is 1090. The average molecular weight is 489 g/mol. The van der Waals surface area contributed by atoms with E-state index in [0.717, 1.165) is 30.2 Å². The van der Waals surface area contributed by atoms with E-state index in [1.165, 1.54) is 29.2 Å². The van der Waals surface area contributed by atoms with Gasteiger partial charge in [-0.25, -0.2) is 8.78 Å². The van der Waals surface area contributed by atoms with Crippen molar-refractivity contribution in [3.8, 4) is 11.5 Å². The maximum Gasteiger partial charge on any atom is 0.257 e. The van der Waals surface area contributed by atoms with Gasteiger partial charge in [-0.1, -0.05) is 0 Å². The molecule has 2 atom stereocenters. The topological polar surface area (TPSA) is 82.5 Å². The first-order chi connectivity index (χ1) is 16.8. The molecule has 2 N–H and O–H groups in total. The normalized spacial score (nSPS) is 22.2. The van der Waals surface area contributed by atoms with Gasteiger partial charge in [-0.05, 0) is 36.8 Å². The quantitative estimate of drug-likeness (QED) is 0.650. The molecule has 0 radical (unpaired) electrons. The molecule has 0 unspecified atom stereocenters. The molecule has 35 heavy (non-hydrogen) atoms. The van der Waals surface area contributed by atoms with Gasteiger partial charge in [0.15, 0.2) is 0 Å². The van der Waals surface area contributed by atoms with Crippen molar-refractivity contribution in [3.05, 3.63) is 59.2 Å². The van der Waals surface area contributed by atoms with Crippen molar-refractivity contribution in [2.45, 2.75) is 43.5 Å². The van der Waals surface area contributed by atoms with Crippen LogP contribution >= 0.6 is 0 Å². The maximum atomic E-state index is 13.9. The molecule has 0 aliphatic carbocycles. The molecule has 0 aromatic heterocycles. The number of hydrogen-bond acceptors (Lipinski definition) is 6. The molecule has 2 saturated heterocycles. The van der Waals surface area contributed by atoms with E-state index in [1.54, 1.807) is 6.07 Å². The number of rotatable bonds is 6. The number of hydrogen-bond donors (Lipinski definition) is 2. The zero-order chi connectivity index (χ0) is 24.6. The first kappa shape index (κ1) is 24.0. The zero-order valence-electron chi connectivity index (χ0n) is 19.5. The number of piperidine rings is 1. The van der Waals surface area contributed by atoms with Gasteiger partial charge in [0, 0.05) is 63.6 Å². The van der Waals surface area contributed by atoms with E-state index in [0.29, 0.717) is 39.0 Å². The van der Waals surface area contributed by atoms with Crippen molar-refractivity contribution < 1.29 is 33.3 Å². The highest BCUT2D eigenvalue weighted by atomic mass is 19.1. The van der Waals surface area contributed by atoms with Gasteiger partial charge in [0.1, 0.15) is 41.4 Å². The first-order valence-corrected chi connectivity index (χ1v) is 12.1. The van der Waals surface area contributed by atoms with Crippen LogP contribution in [0.4, 0.5) is 8.78 Å². The van der Waals surface area contributed by atoms with Crippen LogP contribution in [-0.2, 0) is 6.42 Å². The van der Waals surface area contributed by atoms with Crippen molar-refractivity contribution in [1.29, 1.82) is 0 Å². The Morgan fingerprint density at radius 1 is 1.14 bits per heavy atom. The summed E-state index contributed by atoms with van der Waals surface area (Å²) in [5.74, 6) is -0.295. The van der Waals surface area contributed by atoms with Gasteiger partial charge in [0.2, 0.25) is 0 Å². The van der Waals surface area contributed by atoms with Gasteiger partial charge in [-0.2, -0.15) is 0 Å². The third-order valence-corrected chi connectivity index (χ3v) is 7.15. The highest BCUT2D eigenvalue weighted by Gasteiger charge is 2.42. The number of halogens is 2. The third-order valence-electron chi connectivity index (χ3n) is 7.15. The molecule has 1 amide bonds. The summed E-state index contributed by atoms with van der Waals surface area (Å²) in [7, 11) is 0. The molecule has 2 fully saturated rings. The van der Waals surface area contributed by atoms with Gasteiger partial charge < -0.3 is 29.5 Å². The number of carbonyl (C=O) groups excluding carboxylic acids is 1. The maximum absolute atomic E-state index is 13.9. The summed E-state index contributed by atoms with van der Waals surface area (Å²) >= 11 is 0. The molecule has 3 aliphatic heterocycles. The predicted octanol–water partition coefficient (Wildman–Crippen LogP) is 2.38. The van der Waals surface area contributed by atoms with Crippen LogP contribution in [-0.4, -0.2) is 83.1 Å². The molecule has 5 rings (SSSR count). The highest BCUT2D eigenvalue weighted by molar-refractivity contribution is 5.97. The molecule has 3 aliphatic rings. The molecule has 0 bridgehead atoms. The molecule has 9 heteroatoms. The lowest BCUT2D eigenvalue weighted by Crippen LogP contribution is -2.49.